The zero-order valence-electron chi connectivity index (χ0n) is 17.8. The van der Waals surface area contributed by atoms with E-state index in [1.165, 1.54) is 16.0 Å². The molecule has 2 fully saturated rings. The first-order valence-electron chi connectivity index (χ1n) is 10.7. The van der Waals surface area contributed by atoms with Gasteiger partial charge in [0.25, 0.3) is 5.91 Å². The van der Waals surface area contributed by atoms with Crippen LogP contribution in [0.15, 0.2) is 54.6 Å². The van der Waals surface area contributed by atoms with Crippen molar-refractivity contribution >= 4 is 11.9 Å². The van der Waals surface area contributed by atoms with Gasteiger partial charge in [-0.05, 0) is 30.0 Å². The molecule has 0 unspecified atom stereocenters. The van der Waals surface area contributed by atoms with Gasteiger partial charge in [0, 0.05) is 32.7 Å². The van der Waals surface area contributed by atoms with Crippen molar-refractivity contribution in [3.63, 3.8) is 0 Å². The normalized spacial score (nSPS) is 23.1. The minimum absolute atomic E-state index is 0.150. The van der Waals surface area contributed by atoms with E-state index < -0.39 is 5.54 Å². The monoisotopic (exact) mass is 406 g/mol. The van der Waals surface area contributed by atoms with Crippen LogP contribution in [0.25, 0.3) is 0 Å². The minimum Gasteiger partial charge on any atom is -0.319 e. The van der Waals surface area contributed by atoms with E-state index in [1.54, 1.807) is 0 Å². The van der Waals surface area contributed by atoms with Gasteiger partial charge in [-0.2, -0.15) is 0 Å². The lowest BCUT2D eigenvalue weighted by atomic mass is 9.87. The molecule has 0 bridgehead atoms. The van der Waals surface area contributed by atoms with Crippen LogP contribution in [0.3, 0.4) is 0 Å². The van der Waals surface area contributed by atoms with Crippen LogP contribution in [0, 0.1) is 6.92 Å². The third-order valence-corrected chi connectivity index (χ3v) is 6.43. The van der Waals surface area contributed by atoms with E-state index in [1.807, 2.05) is 37.3 Å². The number of carbonyl (C=O) groups excluding carboxylic acids is 2. The van der Waals surface area contributed by atoms with E-state index in [-0.39, 0.29) is 11.9 Å². The first kappa shape index (κ1) is 20.6. The average molecular weight is 407 g/mol. The zero-order chi connectivity index (χ0) is 21.1. The summed E-state index contributed by atoms with van der Waals surface area (Å²) in [5.41, 5.74) is 2.56. The van der Waals surface area contributed by atoms with E-state index in [4.69, 9.17) is 0 Å². The van der Waals surface area contributed by atoms with Gasteiger partial charge in [-0.3, -0.25) is 14.6 Å². The van der Waals surface area contributed by atoms with Gasteiger partial charge in [0.15, 0.2) is 0 Å². The van der Waals surface area contributed by atoms with E-state index in [2.05, 4.69) is 46.3 Å². The molecule has 0 radical (unpaired) electrons. The van der Waals surface area contributed by atoms with Crippen LogP contribution in [0.1, 0.15) is 30.0 Å². The Labute approximate surface area is 178 Å². The van der Waals surface area contributed by atoms with Crippen molar-refractivity contribution in [2.24, 2.45) is 0 Å². The number of aryl methyl sites for hydroxylation is 1. The van der Waals surface area contributed by atoms with Crippen molar-refractivity contribution in [2.45, 2.75) is 32.4 Å². The number of piperazine rings is 1. The first-order valence-corrected chi connectivity index (χ1v) is 10.7. The van der Waals surface area contributed by atoms with Crippen LogP contribution in [0.5, 0.6) is 0 Å². The molecule has 0 aliphatic carbocycles. The largest absolute Gasteiger partial charge is 0.326 e. The summed E-state index contributed by atoms with van der Waals surface area (Å²) in [5.74, 6) is -0.150. The van der Waals surface area contributed by atoms with E-state index in [0.717, 1.165) is 38.3 Å². The minimum atomic E-state index is -0.953. The second-order valence-electron chi connectivity index (χ2n) is 8.25. The van der Waals surface area contributed by atoms with Crippen molar-refractivity contribution in [1.82, 2.24) is 20.0 Å². The van der Waals surface area contributed by atoms with Gasteiger partial charge in [-0.15, -0.1) is 0 Å². The van der Waals surface area contributed by atoms with Crippen molar-refractivity contribution in [1.29, 1.82) is 0 Å². The Balaban J connectivity index is 1.38. The first-order chi connectivity index (χ1) is 14.5. The molecule has 0 aromatic heterocycles. The molecule has 6 nitrogen and oxygen atoms in total. The topological polar surface area (TPSA) is 55.9 Å². The molecule has 2 aromatic carbocycles. The molecule has 30 heavy (non-hydrogen) atoms. The third-order valence-electron chi connectivity index (χ3n) is 6.43. The van der Waals surface area contributed by atoms with Crippen LogP contribution in [0.4, 0.5) is 4.79 Å². The summed E-state index contributed by atoms with van der Waals surface area (Å²) in [6, 6.07) is 17.7. The summed E-state index contributed by atoms with van der Waals surface area (Å²) in [6.07, 6.45) is 0.530. The molecule has 158 valence electrons. The number of hydrogen-bond donors (Lipinski definition) is 1. The Bertz CT molecular complexity index is 908. The SMILES string of the molecule is CC[C@]1(c2ccccc2)NC(=O)N(CN2CCN(Cc3ccccc3C)CC2)C1=O. The van der Waals surface area contributed by atoms with Crippen LogP contribution < -0.4 is 5.32 Å². The number of urea groups is 1. The van der Waals surface area contributed by atoms with Gasteiger partial charge in [0.05, 0.1) is 6.67 Å². The summed E-state index contributed by atoms with van der Waals surface area (Å²) < 4.78 is 0. The number of amides is 3. The summed E-state index contributed by atoms with van der Waals surface area (Å²) in [6.45, 7) is 8.91. The highest BCUT2D eigenvalue weighted by molar-refractivity contribution is 6.07. The summed E-state index contributed by atoms with van der Waals surface area (Å²) >= 11 is 0. The quantitative estimate of drug-likeness (QED) is 0.750. The molecule has 2 aliphatic heterocycles. The van der Waals surface area contributed by atoms with Crippen LogP contribution in [-0.2, 0) is 16.9 Å². The fraction of sp³-hybridized carbons (Fsp3) is 0.417. The molecular formula is C24H30N4O2. The van der Waals surface area contributed by atoms with Crippen LogP contribution in [0.2, 0.25) is 0 Å². The predicted octanol–water partition coefficient (Wildman–Crippen LogP) is 2.93. The molecule has 3 amide bonds. The number of rotatable bonds is 6. The molecule has 2 heterocycles. The van der Waals surface area contributed by atoms with Crippen molar-refractivity contribution in [3.8, 4) is 0 Å². The van der Waals surface area contributed by atoms with Gasteiger partial charge < -0.3 is 5.32 Å². The zero-order valence-corrected chi connectivity index (χ0v) is 17.8. The maximum absolute atomic E-state index is 13.3. The Morgan fingerprint density at radius 2 is 1.53 bits per heavy atom. The second kappa shape index (κ2) is 8.58. The van der Waals surface area contributed by atoms with Gasteiger partial charge in [-0.1, -0.05) is 61.5 Å². The van der Waals surface area contributed by atoms with Gasteiger partial charge in [-0.25, -0.2) is 9.69 Å². The highest BCUT2D eigenvalue weighted by atomic mass is 16.2. The van der Waals surface area contributed by atoms with E-state index >= 15 is 0 Å². The highest BCUT2D eigenvalue weighted by Crippen LogP contribution is 2.32. The maximum atomic E-state index is 13.3. The summed E-state index contributed by atoms with van der Waals surface area (Å²) in [4.78, 5) is 32.0. The molecule has 2 saturated heterocycles. The fourth-order valence-corrected chi connectivity index (χ4v) is 4.43. The second-order valence-corrected chi connectivity index (χ2v) is 8.25. The lowest BCUT2D eigenvalue weighted by molar-refractivity contribution is -0.133. The third kappa shape index (κ3) is 3.85. The smallest absolute Gasteiger partial charge is 0.319 e. The average Bonchev–Trinajstić information content (AvgIpc) is 3.02. The molecule has 2 aliphatic rings. The number of imide groups is 1. The maximum Gasteiger partial charge on any atom is 0.326 e. The Hall–Kier alpha value is -2.70. The van der Waals surface area contributed by atoms with Crippen molar-refractivity contribution < 1.29 is 9.59 Å². The highest BCUT2D eigenvalue weighted by Gasteiger charge is 2.51. The fourth-order valence-electron chi connectivity index (χ4n) is 4.43. The van der Waals surface area contributed by atoms with Gasteiger partial charge >= 0.3 is 6.03 Å². The number of hydrogen-bond acceptors (Lipinski definition) is 4. The number of carbonyl (C=O) groups is 2. The lowest BCUT2D eigenvalue weighted by Gasteiger charge is -2.36. The van der Waals surface area contributed by atoms with Crippen molar-refractivity contribution in [2.75, 3.05) is 32.8 Å². The number of nitrogens with zero attached hydrogens (tertiary/aromatic N) is 3. The molecule has 1 N–H and O–H groups in total. The van der Waals surface area contributed by atoms with E-state index in [9.17, 15) is 9.59 Å². The number of nitrogens with one attached hydrogen (secondary N) is 1. The molecule has 1 atom stereocenters. The molecule has 4 rings (SSSR count). The molecule has 6 heteroatoms. The van der Waals surface area contributed by atoms with Crippen LogP contribution >= 0.6 is 0 Å². The lowest BCUT2D eigenvalue weighted by Crippen LogP contribution is -2.51. The number of benzene rings is 2. The van der Waals surface area contributed by atoms with Crippen molar-refractivity contribution in [3.05, 3.63) is 71.3 Å². The van der Waals surface area contributed by atoms with Gasteiger partial charge in [0.1, 0.15) is 5.54 Å². The van der Waals surface area contributed by atoms with Gasteiger partial charge in [0.2, 0.25) is 0 Å². The van der Waals surface area contributed by atoms with E-state index in [0.29, 0.717) is 13.1 Å². The standard InChI is InChI=1S/C24H30N4O2/c1-3-24(21-11-5-4-6-12-21)22(29)28(23(30)25-24)18-27-15-13-26(14-16-27)17-20-10-8-7-9-19(20)2/h4-12H,3,13-18H2,1-2H3,(H,25,30)/t24-/m1/s1. The molecule has 2 aromatic rings. The Kier molecular flexibility index (Phi) is 5.88. The molecule has 0 spiro atoms. The molecule has 0 saturated carbocycles. The summed E-state index contributed by atoms with van der Waals surface area (Å²) in [7, 11) is 0. The predicted molar refractivity (Wildman–Crippen MR) is 117 cm³/mol. The Morgan fingerprint density at radius 3 is 2.20 bits per heavy atom. The van der Waals surface area contributed by atoms with Crippen LogP contribution in [-0.4, -0.2) is 59.5 Å². The Morgan fingerprint density at radius 1 is 0.900 bits per heavy atom. The molecular weight excluding hydrogens is 376 g/mol. The summed E-state index contributed by atoms with van der Waals surface area (Å²) in [5, 5.41) is 2.97.